The fourth-order valence-electron chi connectivity index (χ4n) is 6.06. The molecule has 2 aromatic carbocycles. The molecule has 0 atom stereocenters. The second kappa shape index (κ2) is 14.6. The molecule has 6 rings (SSSR count). The van der Waals surface area contributed by atoms with E-state index in [-0.39, 0.29) is 29.8 Å². The van der Waals surface area contributed by atoms with Gasteiger partial charge in [-0.05, 0) is 61.4 Å². The van der Waals surface area contributed by atoms with Gasteiger partial charge in [-0.3, -0.25) is 9.69 Å². The maximum atomic E-state index is 13.6. The lowest BCUT2D eigenvalue weighted by atomic mass is 9.80. The second-order valence-corrected chi connectivity index (χ2v) is 13.7. The number of aromatic hydroxyl groups is 1. The van der Waals surface area contributed by atoms with Crippen molar-refractivity contribution in [1.82, 2.24) is 9.88 Å². The molecule has 3 aliphatic rings. The lowest BCUT2D eigenvalue weighted by Crippen LogP contribution is -2.64. The van der Waals surface area contributed by atoms with Crippen LogP contribution in [0, 0.1) is 23.2 Å². The monoisotopic (exact) mass is 656 g/mol. The van der Waals surface area contributed by atoms with Crippen molar-refractivity contribution in [2.45, 2.75) is 69.6 Å². The fraction of sp³-hybridized carbons (Fsp3) is 0.514. The molecule has 2 aliphatic heterocycles. The number of rotatable bonds is 7. The summed E-state index contributed by atoms with van der Waals surface area (Å²) in [5.74, 6) is 5.15. The van der Waals surface area contributed by atoms with E-state index >= 15 is 0 Å². The molecule has 0 unspecified atom stereocenters. The number of nitrogens with one attached hydrogen (secondary N) is 2. The smallest absolute Gasteiger partial charge is 0.406 e. The second-order valence-electron chi connectivity index (χ2n) is 12.8. The minimum Gasteiger partial charge on any atom is -0.506 e. The molecule has 1 saturated carbocycles. The van der Waals surface area contributed by atoms with Crippen LogP contribution in [0.5, 0.6) is 5.75 Å². The van der Waals surface area contributed by atoms with Crippen LogP contribution in [0.4, 0.5) is 24.5 Å². The van der Waals surface area contributed by atoms with Crippen LogP contribution in [-0.2, 0) is 16.1 Å². The average Bonchev–Trinajstić information content (AvgIpc) is 3.31. The number of ether oxygens (including phenoxy) is 1. The Kier molecular flexibility index (Phi) is 10.8. The number of benzene rings is 2. The number of hydrogen-bond acceptors (Lipinski definition) is 6. The zero-order chi connectivity index (χ0) is 32.9. The minimum absolute atomic E-state index is 0.0535. The van der Waals surface area contributed by atoms with Gasteiger partial charge in [-0.2, -0.15) is 13.2 Å². The molecule has 1 amide bonds. The summed E-state index contributed by atoms with van der Waals surface area (Å²) in [5.41, 5.74) is 2.41. The van der Waals surface area contributed by atoms with E-state index in [1.807, 2.05) is 12.3 Å². The molecule has 1 aromatic heterocycles. The van der Waals surface area contributed by atoms with Crippen molar-refractivity contribution in [1.29, 1.82) is 0 Å². The first-order chi connectivity index (χ1) is 22.0. The van der Waals surface area contributed by atoms with Gasteiger partial charge in [0.1, 0.15) is 12.3 Å². The van der Waals surface area contributed by atoms with E-state index in [2.05, 4.69) is 22.5 Å². The van der Waals surface area contributed by atoms with E-state index in [0.29, 0.717) is 28.0 Å². The number of nitrogens with zero attached hydrogens (tertiary/aromatic N) is 2. The number of carbonyl (C=O) groups excluding carboxylic acids is 1. The molecule has 3 N–H and O–H groups in total. The summed E-state index contributed by atoms with van der Waals surface area (Å²) < 4.78 is 47.0. The molecule has 248 valence electrons. The molecule has 3 fully saturated rings. The maximum Gasteiger partial charge on any atom is 0.406 e. The molecular formula is C35H43F3N4O3S. The Bertz CT molecular complexity index is 1560. The van der Waals surface area contributed by atoms with E-state index in [0.717, 1.165) is 49.5 Å². The summed E-state index contributed by atoms with van der Waals surface area (Å²) in [6, 6.07) is 12.4. The Hall–Kier alpha value is -3.33. The van der Waals surface area contributed by atoms with Crippen LogP contribution < -0.4 is 15.5 Å². The number of phenolic OH excluding ortho intramolecular Hbond substituents is 1. The quantitative estimate of drug-likeness (QED) is 0.187. The van der Waals surface area contributed by atoms with Gasteiger partial charge in [-0.15, -0.1) is 11.8 Å². The van der Waals surface area contributed by atoms with Gasteiger partial charge >= 0.3 is 6.18 Å². The van der Waals surface area contributed by atoms with Gasteiger partial charge in [-0.25, -0.2) is 0 Å². The largest absolute Gasteiger partial charge is 0.506 e. The lowest BCUT2D eigenvalue weighted by molar-refractivity contribution is -0.140. The number of alkyl halides is 3. The normalized spacial score (nSPS) is 17.4. The van der Waals surface area contributed by atoms with E-state index < -0.39 is 12.7 Å². The molecule has 0 bridgehead atoms. The van der Waals surface area contributed by atoms with Crippen LogP contribution in [0.2, 0.25) is 0 Å². The van der Waals surface area contributed by atoms with Crippen LogP contribution in [0.15, 0.2) is 47.4 Å². The van der Waals surface area contributed by atoms with Gasteiger partial charge in [0.15, 0.2) is 0 Å². The SMILES string of the molecule is C1NCC12COC2.CSc1ccc(N(CC#Cc2cc3c(NC4CCCCC4)cccc3n2CC(F)(F)F)C(=O)C(C)C)c(O)c1. The molecular weight excluding hydrogens is 613 g/mol. The van der Waals surface area contributed by atoms with Crippen molar-refractivity contribution >= 4 is 39.9 Å². The van der Waals surface area contributed by atoms with Crippen molar-refractivity contribution in [3.8, 4) is 17.6 Å². The van der Waals surface area contributed by atoms with Crippen LogP contribution in [0.1, 0.15) is 51.6 Å². The van der Waals surface area contributed by atoms with Gasteiger partial charge in [0.05, 0.1) is 36.7 Å². The number of thioether (sulfide) groups is 1. The van der Waals surface area contributed by atoms with Crippen LogP contribution in [0.3, 0.4) is 0 Å². The van der Waals surface area contributed by atoms with Crippen molar-refractivity contribution < 1.29 is 27.8 Å². The standard InChI is InChI=1S/C30H34F3N3O2S.C5H9NO/c1-20(2)29(38)35(27-15-14-23(39-3)18-28(27)37)16-8-11-22-17-24-25(34-21-9-5-4-6-10-21)12-7-13-26(24)36(22)19-30(31,32)33;1-5(2-6-1)3-7-4-5/h7,12-15,17-18,20-21,34,37H,4-6,9-10,16,19H2,1-3H3;6H,1-4H2. The highest BCUT2D eigenvalue weighted by molar-refractivity contribution is 7.98. The van der Waals surface area contributed by atoms with Gasteiger partial charge in [0, 0.05) is 46.4 Å². The highest BCUT2D eigenvalue weighted by atomic mass is 32.2. The highest BCUT2D eigenvalue weighted by Gasteiger charge is 2.43. The number of amides is 1. The van der Waals surface area contributed by atoms with E-state index in [1.165, 1.54) is 40.7 Å². The third-order valence-electron chi connectivity index (χ3n) is 8.75. The molecule has 3 heterocycles. The molecule has 2 saturated heterocycles. The zero-order valence-corrected chi connectivity index (χ0v) is 27.5. The summed E-state index contributed by atoms with van der Waals surface area (Å²) in [7, 11) is 0. The molecule has 0 radical (unpaired) electrons. The average molecular weight is 657 g/mol. The lowest BCUT2D eigenvalue weighted by Gasteiger charge is -2.48. The summed E-state index contributed by atoms with van der Waals surface area (Å²) >= 11 is 1.46. The molecule has 46 heavy (non-hydrogen) atoms. The Balaban J connectivity index is 0.000000517. The molecule has 11 heteroatoms. The Morgan fingerprint density at radius 3 is 2.46 bits per heavy atom. The number of phenols is 1. The van der Waals surface area contributed by atoms with Gasteiger partial charge in [0.25, 0.3) is 0 Å². The van der Waals surface area contributed by atoms with Gasteiger partial charge < -0.3 is 25.0 Å². The molecule has 1 spiro atoms. The van der Waals surface area contributed by atoms with Crippen molar-refractivity contribution in [2.24, 2.45) is 11.3 Å². The van der Waals surface area contributed by atoms with E-state index in [9.17, 15) is 23.1 Å². The van der Waals surface area contributed by atoms with Crippen molar-refractivity contribution in [2.75, 3.05) is 49.3 Å². The maximum absolute atomic E-state index is 13.6. The van der Waals surface area contributed by atoms with E-state index in [1.54, 1.807) is 50.2 Å². The summed E-state index contributed by atoms with van der Waals surface area (Å²) in [5, 5.41) is 18.0. The van der Waals surface area contributed by atoms with Gasteiger partial charge in [0.2, 0.25) is 5.91 Å². The fourth-order valence-corrected chi connectivity index (χ4v) is 6.50. The first-order valence-electron chi connectivity index (χ1n) is 15.9. The highest BCUT2D eigenvalue weighted by Crippen LogP contribution is 2.34. The summed E-state index contributed by atoms with van der Waals surface area (Å²) in [4.78, 5) is 15.2. The third kappa shape index (κ3) is 8.14. The molecule has 1 aliphatic carbocycles. The zero-order valence-electron chi connectivity index (χ0n) is 26.7. The predicted molar refractivity (Wildman–Crippen MR) is 179 cm³/mol. The van der Waals surface area contributed by atoms with Crippen molar-refractivity contribution in [3.05, 3.63) is 48.2 Å². The first kappa shape index (κ1) is 34.0. The molecule has 3 aromatic rings. The number of aromatic nitrogens is 1. The Morgan fingerprint density at radius 1 is 1.17 bits per heavy atom. The number of hydrogen-bond donors (Lipinski definition) is 3. The number of anilines is 2. The molecule has 7 nitrogen and oxygen atoms in total. The first-order valence-corrected chi connectivity index (χ1v) is 17.1. The predicted octanol–water partition coefficient (Wildman–Crippen LogP) is 7.02. The van der Waals surface area contributed by atoms with Crippen molar-refractivity contribution in [3.63, 3.8) is 0 Å². The van der Waals surface area contributed by atoms with Crippen LogP contribution >= 0.6 is 11.8 Å². The topological polar surface area (TPSA) is 78.8 Å². The summed E-state index contributed by atoms with van der Waals surface area (Å²) in [6.07, 6.45) is 3.02. The Labute approximate surface area is 273 Å². The van der Waals surface area contributed by atoms with Gasteiger partial charge in [-0.1, -0.05) is 45.1 Å². The number of halogens is 3. The summed E-state index contributed by atoms with van der Waals surface area (Å²) in [6.45, 7) is 6.62. The van der Waals surface area contributed by atoms with Crippen LogP contribution in [-0.4, -0.2) is 66.9 Å². The minimum atomic E-state index is -4.43. The number of carbonyl (C=O) groups is 1. The third-order valence-corrected chi connectivity index (χ3v) is 9.48. The number of fused-ring (bicyclic) bond motifs is 1. The van der Waals surface area contributed by atoms with E-state index in [4.69, 9.17) is 4.74 Å². The Morgan fingerprint density at radius 2 is 1.91 bits per heavy atom. The van der Waals surface area contributed by atoms with Crippen LogP contribution in [0.25, 0.3) is 10.9 Å².